The topological polar surface area (TPSA) is 49.3 Å². The maximum absolute atomic E-state index is 10.2. The van der Waals surface area contributed by atoms with Crippen molar-refractivity contribution >= 4 is 28.6 Å². The maximum atomic E-state index is 10.2. The molecule has 1 aromatic rings. The third kappa shape index (κ3) is 2.88. The van der Waals surface area contributed by atoms with Gasteiger partial charge in [0.25, 0.3) is 11.3 Å². The van der Waals surface area contributed by atoms with Crippen molar-refractivity contribution in [2.75, 3.05) is 4.72 Å². The Morgan fingerprint density at radius 3 is 2.36 bits per heavy atom. The first-order chi connectivity index (χ1) is 5.18. The molecule has 0 aliphatic rings. The van der Waals surface area contributed by atoms with E-state index in [1.807, 2.05) is 0 Å². The van der Waals surface area contributed by atoms with Crippen molar-refractivity contribution in [3.05, 3.63) is 29.3 Å². The Bertz CT molecular complexity index is 262. The molecule has 1 unspecified atom stereocenters. The first kappa shape index (κ1) is 8.52. The third-order valence-corrected chi connectivity index (χ3v) is 1.71. The molecule has 0 fully saturated rings. The summed E-state index contributed by atoms with van der Waals surface area (Å²) in [6, 6.07) is 6.51. The minimum atomic E-state index is -2.02. The standard InChI is InChI=1S/C6H6ClNO2S/c7-5-1-3-6(4-2-5)8-11(9)10/h1-4,8H,(H,9,10). The zero-order valence-electron chi connectivity index (χ0n) is 5.45. The second-order valence-corrected chi connectivity index (χ2v) is 3.00. The van der Waals surface area contributed by atoms with Gasteiger partial charge >= 0.3 is 0 Å². The van der Waals surface area contributed by atoms with Gasteiger partial charge < -0.3 is 0 Å². The average Bonchev–Trinajstić information content (AvgIpc) is 1.93. The van der Waals surface area contributed by atoms with E-state index in [-0.39, 0.29) is 0 Å². The number of hydrogen-bond donors (Lipinski definition) is 2. The molecule has 0 bridgehead atoms. The Kier molecular flexibility index (Phi) is 2.87. The fraction of sp³-hybridized carbons (Fsp3) is 0. The predicted octanol–water partition coefficient (Wildman–Crippen LogP) is 1.89. The number of rotatable bonds is 2. The average molecular weight is 192 g/mol. The summed E-state index contributed by atoms with van der Waals surface area (Å²) in [4.78, 5) is 0. The Morgan fingerprint density at radius 1 is 1.36 bits per heavy atom. The van der Waals surface area contributed by atoms with Gasteiger partial charge in [-0.3, -0.25) is 9.27 Å². The van der Waals surface area contributed by atoms with Crippen LogP contribution < -0.4 is 4.72 Å². The quantitative estimate of drug-likeness (QED) is 0.702. The molecular weight excluding hydrogens is 186 g/mol. The van der Waals surface area contributed by atoms with E-state index in [1.54, 1.807) is 24.3 Å². The van der Waals surface area contributed by atoms with E-state index < -0.39 is 11.3 Å². The molecule has 0 saturated heterocycles. The molecule has 0 aliphatic heterocycles. The van der Waals surface area contributed by atoms with E-state index in [4.69, 9.17) is 16.2 Å². The van der Waals surface area contributed by atoms with E-state index >= 15 is 0 Å². The molecule has 0 radical (unpaired) electrons. The van der Waals surface area contributed by atoms with Gasteiger partial charge in [0.05, 0.1) is 0 Å². The van der Waals surface area contributed by atoms with E-state index in [1.165, 1.54) is 0 Å². The van der Waals surface area contributed by atoms with Crippen molar-refractivity contribution in [3.63, 3.8) is 0 Å². The van der Waals surface area contributed by atoms with E-state index in [2.05, 4.69) is 4.72 Å². The van der Waals surface area contributed by atoms with Gasteiger partial charge in [-0.05, 0) is 24.3 Å². The maximum Gasteiger partial charge on any atom is 0.259 e. The Morgan fingerprint density at radius 2 is 1.91 bits per heavy atom. The second-order valence-electron chi connectivity index (χ2n) is 1.86. The zero-order valence-corrected chi connectivity index (χ0v) is 7.02. The van der Waals surface area contributed by atoms with Crippen molar-refractivity contribution < 1.29 is 8.76 Å². The molecule has 11 heavy (non-hydrogen) atoms. The largest absolute Gasteiger partial charge is 0.289 e. The van der Waals surface area contributed by atoms with Gasteiger partial charge in [-0.2, -0.15) is 0 Å². The summed E-state index contributed by atoms with van der Waals surface area (Å²) in [5, 5.41) is 0.597. The summed E-state index contributed by atoms with van der Waals surface area (Å²) in [6.07, 6.45) is 0. The highest BCUT2D eigenvalue weighted by Crippen LogP contribution is 2.13. The number of benzene rings is 1. The van der Waals surface area contributed by atoms with Gasteiger partial charge in [-0.15, -0.1) is 0 Å². The van der Waals surface area contributed by atoms with Gasteiger partial charge in [-0.1, -0.05) is 11.6 Å². The smallest absolute Gasteiger partial charge is 0.259 e. The van der Waals surface area contributed by atoms with Crippen LogP contribution in [0.2, 0.25) is 5.02 Å². The Hall–Kier alpha value is -0.580. The molecule has 3 nitrogen and oxygen atoms in total. The summed E-state index contributed by atoms with van der Waals surface area (Å²) < 4.78 is 20.9. The van der Waals surface area contributed by atoms with Crippen LogP contribution in [0.1, 0.15) is 0 Å². The molecule has 0 heterocycles. The summed E-state index contributed by atoms with van der Waals surface area (Å²) in [7, 11) is 0. The van der Waals surface area contributed by atoms with Crippen LogP contribution in [0.5, 0.6) is 0 Å². The van der Waals surface area contributed by atoms with Gasteiger partial charge in [0.1, 0.15) is 0 Å². The minimum Gasteiger partial charge on any atom is -0.289 e. The molecule has 0 spiro atoms. The number of nitrogens with one attached hydrogen (secondary N) is 1. The molecular formula is C6H6ClNO2S. The molecule has 1 rings (SSSR count). The molecule has 2 N–H and O–H groups in total. The minimum absolute atomic E-state index is 0.565. The van der Waals surface area contributed by atoms with Gasteiger partial charge in [0.15, 0.2) is 0 Å². The lowest BCUT2D eigenvalue weighted by molar-refractivity contribution is 0.570. The van der Waals surface area contributed by atoms with Crippen LogP contribution in [-0.2, 0) is 11.3 Å². The van der Waals surface area contributed by atoms with Gasteiger partial charge in [0.2, 0.25) is 0 Å². The lowest BCUT2D eigenvalue weighted by atomic mass is 10.3. The highest BCUT2D eigenvalue weighted by Gasteiger charge is 1.93. The van der Waals surface area contributed by atoms with Crippen molar-refractivity contribution in [3.8, 4) is 0 Å². The van der Waals surface area contributed by atoms with Crippen LogP contribution in [-0.4, -0.2) is 8.76 Å². The van der Waals surface area contributed by atoms with Gasteiger partial charge in [-0.25, -0.2) is 4.21 Å². The van der Waals surface area contributed by atoms with Crippen molar-refractivity contribution in [2.24, 2.45) is 0 Å². The fourth-order valence-electron chi connectivity index (χ4n) is 0.619. The second kappa shape index (κ2) is 3.71. The molecule has 0 saturated carbocycles. The lowest BCUT2D eigenvalue weighted by Gasteiger charge is -1.99. The molecule has 0 aliphatic carbocycles. The highest BCUT2D eigenvalue weighted by molar-refractivity contribution is 7.80. The molecule has 1 aromatic carbocycles. The summed E-state index contributed by atoms with van der Waals surface area (Å²) in [5.74, 6) is 0. The molecule has 60 valence electrons. The molecule has 0 aromatic heterocycles. The third-order valence-electron chi connectivity index (χ3n) is 1.05. The van der Waals surface area contributed by atoms with Crippen molar-refractivity contribution in [1.82, 2.24) is 0 Å². The normalized spacial score (nSPS) is 12.5. The van der Waals surface area contributed by atoms with Crippen LogP contribution in [0.15, 0.2) is 24.3 Å². The van der Waals surface area contributed by atoms with Crippen LogP contribution in [0.3, 0.4) is 0 Å². The van der Waals surface area contributed by atoms with Crippen LogP contribution in [0, 0.1) is 0 Å². The Labute approximate surface area is 71.8 Å². The first-order valence-electron chi connectivity index (χ1n) is 2.81. The van der Waals surface area contributed by atoms with Crippen LogP contribution in [0.4, 0.5) is 5.69 Å². The summed E-state index contributed by atoms with van der Waals surface area (Å²) in [5.41, 5.74) is 0.565. The fourth-order valence-corrected chi connectivity index (χ4v) is 1.08. The SMILES string of the molecule is O=S(O)Nc1ccc(Cl)cc1. The van der Waals surface area contributed by atoms with E-state index in [9.17, 15) is 4.21 Å². The Balaban J connectivity index is 2.74. The number of anilines is 1. The van der Waals surface area contributed by atoms with E-state index in [0.29, 0.717) is 10.7 Å². The van der Waals surface area contributed by atoms with Crippen molar-refractivity contribution in [1.29, 1.82) is 0 Å². The molecule has 1 atom stereocenters. The summed E-state index contributed by atoms with van der Waals surface area (Å²) >= 11 is 3.57. The summed E-state index contributed by atoms with van der Waals surface area (Å²) in [6.45, 7) is 0. The van der Waals surface area contributed by atoms with Crippen molar-refractivity contribution in [2.45, 2.75) is 0 Å². The van der Waals surface area contributed by atoms with E-state index in [0.717, 1.165) is 0 Å². The monoisotopic (exact) mass is 191 g/mol. The molecule has 0 amide bonds. The lowest BCUT2D eigenvalue weighted by Crippen LogP contribution is -2.00. The molecule has 5 heteroatoms. The zero-order chi connectivity index (χ0) is 8.27. The van der Waals surface area contributed by atoms with Crippen LogP contribution >= 0.6 is 11.6 Å². The number of hydrogen-bond acceptors (Lipinski definition) is 1. The number of halogens is 1. The highest BCUT2D eigenvalue weighted by atomic mass is 35.5. The first-order valence-corrected chi connectivity index (χ1v) is 4.30. The van der Waals surface area contributed by atoms with Gasteiger partial charge in [0, 0.05) is 10.7 Å². The predicted molar refractivity (Wildman–Crippen MR) is 45.8 cm³/mol. The van der Waals surface area contributed by atoms with Crippen LogP contribution in [0.25, 0.3) is 0 Å².